The zero-order valence-corrected chi connectivity index (χ0v) is 13.0. The van der Waals surface area contributed by atoms with Gasteiger partial charge in [-0.25, -0.2) is 0 Å². The molecule has 0 spiro atoms. The molecule has 0 heterocycles. The number of hydrogen-bond acceptors (Lipinski definition) is 3. The van der Waals surface area contributed by atoms with Crippen LogP contribution in [0, 0.1) is 6.92 Å². The fourth-order valence-corrected chi connectivity index (χ4v) is 2.31. The molecule has 21 heavy (non-hydrogen) atoms. The molecule has 2 aromatic rings. The third kappa shape index (κ3) is 4.59. The third-order valence-electron chi connectivity index (χ3n) is 3.39. The Morgan fingerprint density at radius 2 is 1.81 bits per heavy atom. The minimum Gasteiger partial charge on any atom is -0.491 e. The maximum Gasteiger partial charge on any atom is 0.120 e. The molecule has 0 aliphatic heterocycles. The van der Waals surface area contributed by atoms with Gasteiger partial charge in [-0.05, 0) is 50.5 Å². The van der Waals surface area contributed by atoms with Gasteiger partial charge < -0.3 is 4.74 Å². The molecule has 3 N–H and O–H groups in total. The van der Waals surface area contributed by atoms with Crippen molar-refractivity contribution in [3.63, 3.8) is 0 Å². The van der Waals surface area contributed by atoms with Crippen LogP contribution in [-0.4, -0.2) is 6.10 Å². The Bertz CT molecular complexity index is 564. The lowest BCUT2D eigenvalue weighted by molar-refractivity contribution is 0.242. The number of ether oxygens (including phenoxy) is 1. The van der Waals surface area contributed by atoms with Crippen LogP contribution in [0.5, 0.6) is 5.75 Å². The highest BCUT2D eigenvalue weighted by molar-refractivity contribution is 5.32. The van der Waals surface area contributed by atoms with Crippen molar-refractivity contribution in [3.05, 3.63) is 65.2 Å². The third-order valence-corrected chi connectivity index (χ3v) is 3.39. The summed E-state index contributed by atoms with van der Waals surface area (Å²) in [6, 6.07) is 16.7. The van der Waals surface area contributed by atoms with Crippen molar-refractivity contribution in [1.82, 2.24) is 5.43 Å². The van der Waals surface area contributed by atoms with Crippen LogP contribution in [0.4, 0.5) is 0 Å². The molecule has 0 fully saturated rings. The summed E-state index contributed by atoms with van der Waals surface area (Å²) in [5.41, 5.74) is 6.57. The highest BCUT2D eigenvalue weighted by Crippen LogP contribution is 2.23. The summed E-state index contributed by atoms with van der Waals surface area (Å²) in [4.78, 5) is 0. The summed E-state index contributed by atoms with van der Waals surface area (Å²) in [6.07, 6.45) is 1.02. The molecule has 112 valence electrons. The summed E-state index contributed by atoms with van der Waals surface area (Å²) < 4.78 is 5.75. The van der Waals surface area contributed by atoms with Crippen LogP contribution < -0.4 is 16.0 Å². The van der Waals surface area contributed by atoms with E-state index in [1.165, 1.54) is 11.1 Å². The second kappa shape index (κ2) is 7.25. The number of aryl methyl sites for hydroxylation is 1. The minimum atomic E-state index is 0.0726. The van der Waals surface area contributed by atoms with E-state index >= 15 is 0 Å². The zero-order chi connectivity index (χ0) is 15.2. The molecule has 0 aliphatic carbocycles. The second-order valence-electron chi connectivity index (χ2n) is 5.65. The van der Waals surface area contributed by atoms with E-state index in [-0.39, 0.29) is 12.1 Å². The van der Waals surface area contributed by atoms with Gasteiger partial charge in [-0.1, -0.05) is 42.0 Å². The fourth-order valence-electron chi connectivity index (χ4n) is 2.31. The Morgan fingerprint density at radius 3 is 2.43 bits per heavy atom. The lowest BCUT2D eigenvalue weighted by atomic mass is 9.98. The number of rotatable bonds is 6. The number of hydrazine groups is 1. The van der Waals surface area contributed by atoms with Gasteiger partial charge in [0.1, 0.15) is 5.75 Å². The average Bonchev–Trinajstić information content (AvgIpc) is 2.46. The Hall–Kier alpha value is -1.84. The van der Waals surface area contributed by atoms with Crippen molar-refractivity contribution in [1.29, 1.82) is 0 Å². The Kier molecular flexibility index (Phi) is 5.37. The number of nitrogens with two attached hydrogens (primary N) is 1. The van der Waals surface area contributed by atoms with Gasteiger partial charge in [-0.3, -0.25) is 11.3 Å². The molecular weight excluding hydrogens is 260 g/mol. The summed E-state index contributed by atoms with van der Waals surface area (Å²) in [5, 5.41) is 0. The minimum absolute atomic E-state index is 0.0726. The van der Waals surface area contributed by atoms with Crippen LogP contribution >= 0.6 is 0 Å². The van der Waals surface area contributed by atoms with E-state index in [0.717, 1.165) is 17.7 Å². The Balaban J connectivity index is 2.15. The van der Waals surface area contributed by atoms with Gasteiger partial charge >= 0.3 is 0 Å². The van der Waals surface area contributed by atoms with Crippen LogP contribution in [0.1, 0.15) is 36.6 Å². The molecule has 0 aliphatic rings. The van der Waals surface area contributed by atoms with Crippen molar-refractivity contribution < 1.29 is 4.74 Å². The molecule has 1 atom stereocenters. The molecule has 0 aromatic heterocycles. The molecule has 1 unspecified atom stereocenters. The number of nitrogens with one attached hydrogen (secondary N) is 1. The molecule has 0 amide bonds. The van der Waals surface area contributed by atoms with Crippen molar-refractivity contribution in [2.45, 2.75) is 39.3 Å². The predicted molar refractivity (Wildman–Crippen MR) is 87.2 cm³/mol. The standard InChI is InChI=1S/C18H24N2O/c1-13(2)21-17-6-4-5-16(12-17)18(20-19)11-15-9-7-14(3)8-10-15/h4-10,12-13,18,20H,11,19H2,1-3H3. The fraction of sp³-hybridized carbons (Fsp3) is 0.333. The van der Waals surface area contributed by atoms with Gasteiger partial charge in [0.05, 0.1) is 12.1 Å². The normalized spacial score (nSPS) is 12.4. The van der Waals surface area contributed by atoms with Gasteiger partial charge in [0, 0.05) is 0 Å². The molecule has 0 saturated heterocycles. The van der Waals surface area contributed by atoms with E-state index in [9.17, 15) is 0 Å². The van der Waals surface area contributed by atoms with Gasteiger partial charge in [0.2, 0.25) is 0 Å². The Morgan fingerprint density at radius 1 is 1.10 bits per heavy atom. The molecule has 0 bridgehead atoms. The first-order chi connectivity index (χ1) is 10.1. The highest BCUT2D eigenvalue weighted by atomic mass is 16.5. The van der Waals surface area contributed by atoms with Crippen LogP contribution in [-0.2, 0) is 6.42 Å². The molecule has 0 saturated carbocycles. The van der Waals surface area contributed by atoms with Gasteiger partial charge in [0.15, 0.2) is 0 Å². The van der Waals surface area contributed by atoms with E-state index < -0.39 is 0 Å². The van der Waals surface area contributed by atoms with Crippen molar-refractivity contribution in [3.8, 4) is 5.75 Å². The average molecular weight is 284 g/mol. The number of hydrogen-bond donors (Lipinski definition) is 2. The predicted octanol–water partition coefficient (Wildman–Crippen LogP) is 3.53. The molecule has 2 rings (SSSR count). The van der Waals surface area contributed by atoms with E-state index in [1.54, 1.807) is 0 Å². The van der Waals surface area contributed by atoms with Crippen LogP contribution in [0.25, 0.3) is 0 Å². The molecule has 0 radical (unpaired) electrons. The quantitative estimate of drug-likeness (QED) is 0.630. The number of benzene rings is 2. The topological polar surface area (TPSA) is 47.3 Å². The molecular formula is C18H24N2O. The van der Waals surface area contributed by atoms with E-state index in [1.807, 2.05) is 26.0 Å². The largest absolute Gasteiger partial charge is 0.491 e. The summed E-state index contributed by atoms with van der Waals surface area (Å²) in [6.45, 7) is 6.14. The lowest BCUT2D eigenvalue weighted by Gasteiger charge is -2.18. The highest BCUT2D eigenvalue weighted by Gasteiger charge is 2.11. The maximum atomic E-state index is 5.75. The summed E-state index contributed by atoms with van der Waals surface area (Å²) >= 11 is 0. The van der Waals surface area contributed by atoms with E-state index in [2.05, 4.69) is 48.7 Å². The maximum absolute atomic E-state index is 5.75. The first kappa shape index (κ1) is 15.5. The summed E-state index contributed by atoms with van der Waals surface area (Å²) in [5.74, 6) is 6.62. The van der Waals surface area contributed by atoms with E-state index in [0.29, 0.717) is 0 Å². The lowest BCUT2D eigenvalue weighted by Crippen LogP contribution is -2.29. The van der Waals surface area contributed by atoms with Crippen LogP contribution in [0.2, 0.25) is 0 Å². The van der Waals surface area contributed by atoms with E-state index in [4.69, 9.17) is 10.6 Å². The van der Waals surface area contributed by atoms with Crippen LogP contribution in [0.3, 0.4) is 0 Å². The molecule has 2 aromatic carbocycles. The molecule has 3 nitrogen and oxygen atoms in total. The van der Waals surface area contributed by atoms with Crippen molar-refractivity contribution in [2.24, 2.45) is 5.84 Å². The van der Waals surface area contributed by atoms with Crippen molar-refractivity contribution in [2.75, 3.05) is 0 Å². The van der Waals surface area contributed by atoms with Gasteiger partial charge in [-0.2, -0.15) is 0 Å². The SMILES string of the molecule is Cc1ccc(CC(NN)c2cccc(OC(C)C)c2)cc1. The molecule has 3 heteroatoms. The van der Waals surface area contributed by atoms with Crippen molar-refractivity contribution >= 4 is 0 Å². The Labute approximate surface area is 127 Å². The second-order valence-corrected chi connectivity index (χ2v) is 5.65. The van der Waals surface area contributed by atoms with Gasteiger partial charge in [0.25, 0.3) is 0 Å². The van der Waals surface area contributed by atoms with Gasteiger partial charge in [-0.15, -0.1) is 0 Å². The zero-order valence-electron chi connectivity index (χ0n) is 13.0. The summed E-state index contributed by atoms with van der Waals surface area (Å²) in [7, 11) is 0. The smallest absolute Gasteiger partial charge is 0.120 e. The monoisotopic (exact) mass is 284 g/mol. The first-order valence-corrected chi connectivity index (χ1v) is 7.37. The first-order valence-electron chi connectivity index (χ1n) is 7.37. The van der Waals surface area contributed by atoms with Crippen LogP contribution in [0.15, 0.2) is 48.5 Å².